The molecule has 3 aromatic rings. The molecule has 1 unspecified atom stereocenters. The number of nitrogens with one attached hydrogen (secondary N) is 1. The van der Waals surface area contributed by atoms with Crippen molar-refractivity contribution in [2.45, 2.75) is 18.9 Å². The fourth-order valence-electron chi connectivity index (χ4n) is 3.74. The lowest BCUT2D eigenvalue weighted by atomic mass is 10.0. The van der Waals surface area contributed by atoms with Crippen molar-refractivity contribution in [1.82, 2.24) is 25.0 Å². The second-order valence-electron chi connectivity index (χ2n) is 7.13. The van der Waals surface area contributed by atoms with Crippen molar-refractivity contribution in [3.8, 4) is 11.4 Å². The van der Waals surface area contributed by atoms with Crippen LogP contribution in [0.1, 0.15) is 34.8 Å². The molecular formula is C22H25N5O2. The first-order valence-corrected chi connectivity index (χ1v) is 9.86. The number of nitrogens with zero attached hydrogens (tertiary/aromatic N) is 4. The minimum absolute atomic E-state index is 0.0761. The van der Waals surface area contributed by atoms with E-state index >= 15 is 0 Å². The summed E-state index contributed by atoms with van der Waals surface area (Å²) in [4.78, 5) is 19.1. The van der Waals surface area contributed by atoms with E-state index in [1.54, 1.807) is 18.1 Å². The molecule has 1 N–H and O–H groups in total. The van der Waals surface area contributed by atoms with Gasteiger partial charge in [0.25, 0.3) is 5.91 Å². The molecule has 0 saturated carbocycles. The molecule has 2 heterocycles. The van der Waals surface area contributed by atoms with Crippen molar-refractivity contribution in [3.63, 3.8) is 0 Å². The lowest BCUT2D eigenvalue weighted by Crippen LogP contribution is -2.36. The third-order valence-corrected chi connectivity index (χ3v) is 5.35. The van der Waals surface area contributed by atoms with Crippen LogP contribution >= 0.6 is 0 Å². The van der Waals surface area contributed by atoms with Gasteiger partial charge in [-0.1, -0.05) is 12.1 Å². The summed E-state index contributed by atoms with van der Waals surface area (Å²) in [5.74, 6) is 0.762. The molecule has 1 aromatic heterocycles. The third-order valence-electron chi connectivity index (χ3n) is 5.35. The highest BCUT2D eigenvalue weighted by Crippen LogP contribution is 2.26. The fourth-order valence-corrected chi connectivity index (χ4v) is 3.74. The molecule has 7 nitrogen and oxygen atoms in total. The van der Waals surface area contributed by atoms with Gasteiger partial charge >= 0.3 is 0 Å². The molecule has 4 rings (SSSR count). The molecule has 7 heteroatoms. The highest BCUT2D eigenvalue weighted by molar-refractivity contribution is 5.94. The molecule has 2 aromatic carbocycles. The standard InChI is InChI=1S/C22H25N5O2/c1-29-20-10-6-17(7-11-20)21(26-12-2-3-13-26)14-24-22(28)18-4-8-19(9-5-18)27-16-23-15-25-27/h4-11,15-16,21H,2-3,12-14H2,1H3,(H,24,28). The molecule has 1 fully saturated rings. The minimum Gasteiger partial charge on any atom is -0.497 e. The van der Waals surface area contributed by atoms with Gasteiger partial charge in [0.2, 0.25) is 0 Å². The number of hydrogen-bond donors (Lipinski definition) is 1. The van der Waals surface area contributed by atoms with Crippen molar-refractivity contribution in [2.75, 3.05) is 26.7 Å². The zero-order valence-electron chi connectivity index (χ0n) is 16.5. The van der Waals surface area contributed by atoms with Crippen molar-refractivity contribution >= 4 is 5.91 Å². The second-order valence-corrected chi connectivity index (χ2v) is 7.13. The smallest absolute Gasteiger partial charge is 0.251 e. The molecule has 0 radical (unpaired) electrons. The molecule has 0 aliphatic carbocycles. The number of carbonyl (C=O) groups excluding carboxylic acids is 1. The SMILES string of the molecule is COc1ccc(C(CNC(=O)c2ccc(-n3cncn3)cc2)N2CCCC2)cc1. The minimum atomic E-state index is -0.0761. The summed E-state index contributed by atoms with van der Waals surface area (Å²) in [5.41, 5.74) is 2.69. The Kier molecular flexibility index (Phi) is 5.86. The lowest BCUT2D eigenvalue weighted by Gasteiger charge is -2.28. The van der Waals surface area contributed by atoms with Gasteiger partial charge in [-0.05, 0) is 67.9 Å². The van der Waals surface area contributed by atoms with E-state index in [1.807, 2.05) is 36.4 Å². The van der Waals surface area contributed by atoms with Gasteiger partial charge < -0.3 is 10.1 Å². The molecule has 0 spiro atoms. The van der Waals surface area contributed by atoms with Gasteiger partial charge in [-0.3, -0.25) is 9.69 Å². The normalized spacial score (nSPS) is 15.2. The molecule has 1 saturated heterocycles. The summed E-state index contributed by atoms with van der Waals surface area (Å²) < 4.78 is 6.93. The number of methoxy groups -OCH3 is 1. The summed E-state index contributed by atoms with van der Waals surface area (Å²) in [5, 5.41) is 7.21. The van der Waals surface area contributed by atoms with E-state index in [0.717, 1.165) is 24.5 Å². The Hall–Kier alpha value is -3.19. The number of hydrogen-bond acceptors (Lipinski definition) is 5. The number of carbonyl (C=O) groups is 1. The van der Waals surface area contributed by atoms with E-state index in [9.17, 15) is 4.79 Å². The van der Waals surface area contributed by atoms with Crippen molar-refractivity contribution in [1.29, 1.82) is 0 Å². The first-order valence-electron chi connectivity index (χ1n) is 9.86. The van der Waals surface area contributed by atoms with Gasteiger partial charge in [0.15, 0.2) is 0 Å². The van der Waals surface area contributed by atoms with Crippen LogP contribution in [0.15, 0.2) is 61.2 Å². The van der Waals surface area contributed by atoms with Gasteiger partial charge in [0, 0.05) is 12.1 Å². The number of rotatable bonds is 7. The molecule has 1 atom stereocenters. The summed E-state index contributed by atoms with van der Waals surface area (Å²) >= 11 is 0. The average molecular weight is 391 g/mol. The first kappa shape index (κ1) is 19.1. The highest BCUT2D eigenvalue weighted by Gasteiger charge is 2.24. The Bertz CT molecular complexity index is 917. The molecule has 1 amide bonds. The van der Waals surface area contributed by atoms with Crippen LogP contribution in [-0.4, -0.2) is 52.3 Å². The van der Waals surface area contributed by atoms with E-state index in [1.165, 1.54) is 24.7 Å². The van der Waals surface area contributed by atoms with E-state index in [2.05, 4.69) is 32.4 Å². The van der Waals surface area contributed by atoms with Crippen LogP contribution in [0.5, 0.6) is 5.75 Å². The van der Waals surface area contributed by atoms with Crippen LogP contribution in [0.3, 0.4) is 0 Å². The lowest BCUT2D eigenvalue weighted by molar-refractivity contribution is 0.0938. The van der Waals surface area contributed by atoms with E-state index < -0.39 is 0 Å². The van der Waals surface area contributed by atoms with Gasteiger partial charge in [-0.25, -0.2) is 9.67 Å². The topological polar surface area (TPSA) is 72.3 Å². The summed E-state index contributed by atoms with van der Waals surface area (Å²) in [6, 6.07) is 15.6. The third kappa shape index (κ3) is 4.46. The molecule has 1 aliphatic heterocycles. The molecule has 29 heavy (non-hydrogen) atoms. The number of ether oxygens (including phenoxy) is 1. The van der Waals surface area contributed by atoms with Crippen LogP contribution in [0.25, 0.3) is 5.69 Å². The Balaban J connectivity index is 1.44. The van der Waals surface area contributed by atoms with E-state index in [4.69, 9.17) is 4.74 Å². The number of benzene rings is 2. The maximum Gasteiger partial charge on any atom is 0.251 e. The number of amides is 1. The molecular weight excluding hydrogens is 366 g/mol. The molecule has 1 aliphatic rings. The summed E-state index contributed by atoms with van der Waals surface area (Å²) in [7, 11) is 1.67. The molecule has 0 bridgehead atoms. The summed E-state index contributed by atoms with van der Waals surface area (Å²) in [6.07, 6.45) is 5.51. The molecule has 150 valence electrons. The van der Waals surface area contributed by atoms with Gasteiger partial charge in [-0.15, -0.1) is 0 Å². The maximum absolute atomic E-state index is 12.7. The zero-order chi connectivity index (χ0) is 20.1. The van der Waals surface area contributed by atoms with Gasteiger partial charge in [-0.2, -0.15) is 5.10 Å². The monoisotopic (exact) mass is 391 g/mol. The average Bonchev–Trinajstić information content (AvgIpc) is 3.49. The van der Waals surface area contributed by atoms with Crippen molar-refractivity contribution in [2.24, 2.45) is 0 Å². The van der Waals surface area contributed by atoms with Gasteiger partial charge in [0.05, 0.1) is 18.8 Å². The van der Waals surface area contributed by atoms with Crippen LogP contribution in [0, 0.1) is 0 Å². The fraction of sp³-hybridized carbons (Fsp3) is 0.318. The van der Waals surface area contributed by atoms with Gasteiger partial charge in [0.1, 0.15) is 18.4 Å². The Morgan fingerprint density at radius 2 is 1.83 bits per heavy atom. The number of likely N-dealkylation sites (tertiary alicyclic amines) is 1. The van der Waals surface area contributed by atoms with Crippen LogP contribution < -0.4 is 10.1 Å². The summed E-state index contributed by atoms with van der Waals surface area (Å²) in [6.45, 7) is 2.67. The maximum atomic E-state index is 12.7. The van der Waals surface area contributed by atoms with Crippen LogP contribution in [0.2, 0.25) is 0 Å². The zero-order valence-corrected chi connectivity index (χ0v) is 16.5. The number of aromatic nitrogens is 3. The van der Waals surface area contributed by atoms with E-state index in [-0.39, 0.29) is 11.9 Å². The van der Waals surface area contributed by atoms with E-state index in [0.29, 0.717) is 12.1 Å². The quantitative estimate of drug-likeness (QED) is 0.671. The Morgan fingerprint density at radius 1 is 1.10 bits per heavy atom. The Morgan fingerprint density at radius 3 is 2.45 bits per heavy atom. The largest absolute Gasteiger partial charge is 0.497 e. The first-order chi connectivity index (χ1) is 14.2. The predicted octanol–water partition coefficient (Wildman–Crippen LogP) is 2.84. The second kappa shape index (κ2) is 8.87. The van der Waals surface area contributed by atoms with Crippen molar-refractivity contribution in [3.05, 3.63) is 72.3 Å². The van der Waals surface area contributed by atoms with Crippen LogP contribution in [0.4, 0.5) is 0 Å². The van der Waals surface area contributed by atoms with Crippen molar-refractivity contribution < 1.29 is 9.53 Å². The Labute approximate surface area is 170 Å². The van der Waals surface area contributed by atoms with Crippen LogP contribution in [-0.2, 0) is 0 Å². The highest BCUT2D eigenvalue weighted by atomic mass is 16.5. The predicted molar refractivity (Wildman–Crippen MR) is 110 cm³/mol.